The number of fused-ring (bicyclic) bond motifs is 1. The first-order chi connectivity index (χ1) is 14.5. The maximum atomic E-state index is 13.0. The zero-order chi connectivity index (χ0) is 21.3. The molecule has 2 aliphatic rings. The summed E-state index contributed by atoms with van der Waals surface area (Å²) in [6.45, 7) is 2.13. The van der Waals surface area contributed by atoms with Crippen molar-refractivity contribution in [1.29, 1.82) is 0 Å². The molecule has 9 nitrogen and oxygen atoms in total. The molecule has 1 fully saturated rings. The van der Waals surface area contributed by atoms with Gasteiger partial charge in [-0.2, -0.15) is 5.11 Å². The van der Waals surface area contributed by atoms with Gasteiger partial charge in [0.05, 0.1) is 23.0 Å². The first-order valence-corrected chi connectivity index (χ1v) is 9.70. The molecule has 2 aromatic carbocycles. The van der Waals surface area contributed by atoms with Gasteiger partial charge in [0.25, 0.3) is 11.8 Å². The predicted molar refractivity (Wildman–Crippen MR) is 109 cm³/mol. The highest BCUT2D eigenvalue weighted by Gasteiger charge is 2.55. The molecule has 0 spiro atoms. The summed E-state index contributed by atoms with van der Waals surface area (Å²) in [7, 11) is 0. The third kappa shape index (κ3) is 3.59. The minimum absolute atomic E-state index is 0.244. The number of anilines is 2. The van der Waals surface area contributed by atoms with Crippen molar-refractivity contribution in [3.05, 3.63) is 53.6 Å². The van der Waals surface area contributed by atoms with Crippen LogP contribution in [0.5, 0.6) is 5.75 Å². The Labute approximate surface area is 177 Å². The predicted octanol–water partition coefficient (Wildman–Crippen LogP) is 2.67. The normalized spacial score (nSPS) is 19.9. The highest BCUT2D eigenvalue weighted by molar-refractivity contribution is 6.33. The van der Waals surface area contributed by atoms with E-state index < -0.39 is 29.8 Å². The summed E-state index contributed by atoms with van der Waals surface area (Å²) in [6.07, 6.45) is 0. The number of ether oxygens (including phenoxy) is 1. The third-order valence-corrected chi connectivity index (χ3v) is 5.05. The molecule has 30 heavy (non-hydrogen) atoms. The Hall–Kier alpha value is -3.46. The molecular weight excluding hydrogens is 410 g/mol. The van der Waals surface area contributed by atoms with E-state index in [1.54, 1.807) is 48.5 Å². The van der Waals surface area contributed by atoms with Crippen molar-refractivity contribution in [2.75, 3.05) is 23.4 Å². The van der Waals surface area contributed by atoms with Gasteiger partial charge in [-0.25, -0.2) is 4.90 Å². The van der Waals surface area contributed by atoms with Crippen molar-refractivity contribution < 1.29 is 19.1 Å². The van der Waals surface area contributed by atoms with Gasteiger partial charge in [0.15, 0.2) is 12.1 Å². The van der Waals surface area contributed by atoms with Crippen molar-refractivity contribution >= 4 is 40.7 Å². The number of nitrogens with zero attached hydrogens (tertiary/aromatic N) is 4. The van der Waals surface area contributed by atoms with E-state index in [1.807, 2.05) is 6.92 Å². The van der Waals surface area contributed by atoms with Gasteiger partial charge >= 0.3 is 0 Å². The second-order valence-electron chi connectivity index (χ2n) is 6.66. The Kier molecular flexibility index (Phi) is 5.37. The maximum absolute atomic E-state index is 13.0. The highest BCUT2D eigenvalue weighted by atomic mass is 35.5. The minimum atomic E-state index is -0.975. The molecule has 2 aromatic rings. The average molecular weight is 428 g/mol. The van der Waals surface area contributed by atoms with Crippen molar-refractivity contribution in [1.82, 2.24) is 5.01 Å². The van der Waals surface area contributed by atoms with E-state index in [2.05, 4.69) is 15.7 Å². The van der Waals surface area contributed by atoms with Crippen LogP contribution in [0.1, 0.15) is 6.92 Å². The molecule has 2 atom stereocenters. The summed E-state index contributed by atoms with van der Waals surface area (Å²) in [6, 6.07) is 11.5. The van der Waals surface area contributed by atoms with Crippen LogP contribution < -0.4 is 15.0 Å². The van der Waals surface area contributed by atoms with Crippen LogP contribution in [-0.2, 0) is 14.4 Å². The summed E-state index contributed by atoms with van der Waals surface area (Å²) in [5.74, 6) is -0.753. The van der Waals surface area contributed by atoms with Gasteiger partial charge in [-0.1, -0.05) is 29.0 Å². The van der Waals surface area contributed by atoms with Crippen LogP contribution in [0.15, 0.2) is 58.9 Å². The van der Waals surface area contributed by atoms with Crippen molar-refractivity contribution in [2.24, 2.45) is 10.3 Å². The van der Waals surface area contributed by atoms with Gasteiger partial charge in [-0.3, -0.25) is 19.4 Å². The lowest BCUT2D eigenvalue weighted by Crippen LogP contribution is -2.43. The number of rotatable bonds is 6. The van der Waals surface area contributed by atoms with E-state index >= 15 is 0 Å². The van der Waals surface area contributed by atoms with Gasteiger partial charge in [0.1, 0.15) is 12.3 Å². The number of benzene rings is 2. The number of halogens is 1. The molecule has 0 radical (unpaired) electrons. The monoisotopic (exact) mass is 427 g/mol. The molecule has 1 N–H and O–H groups in total. The highest BCUT2D eigenvalue weighted by Crippen LogP contribution is 2.32. The standard InChI is InChI=1S/C20H18ClN5O4/c1-2-30-13-9-7-12(8-10-13)26-19(28)17-18(20(26)29)25(24-23-17)11-16(27)22-15-6-4-3-5-14(15)21/h3-10,17-18H,2,11H2,1H3,(H,22,27)/t17-,18+/m1/s1. The zero-order valence-corrected chi connectivity index (χ0v) is 16.7. The number of carbonyl (C=O) groups excluding carboxylic acids is 3. The number of nitrogens with one attached hydrogen (secondary N) is 1. The molecule has 4 rings (SSSR count). The Balaban J connectivity index is 1.47. The van der Waals surface area contributed by atoms with Gasteiger partial charge < -0.3 is 10.1 Å². The number of carbonyl (C=O) groups is 3. The molecule has 0 aliphatic carbocycles. The largest absolute Gasteiger partial charge is 0.494 e. The van der Waals surface area contributed by atoms with Crippen molar-refractivity contribution in [2.45, 2.75) is 19.0 Å². The summed E-state index contributed by atoms with van der Waals surface area (Å²) >= 11 is 6.05. The Morgan fingerprint density at radius 3 is 2.57 bits per heavy atom. The molecule has 0 aromatic heterocycles. The van der Waals surface area contributed by atoms with E-state index in [4.69, 9.17) is 16.3 Å². The minimum Gasteiger partial charge on any atom is -0.494 e. The zero-order valence-electron chi connectivity index (χ0n) is 16.0. The molecule has 2 heterocycles. The lowest BCUT2D eigenvalue weighted by Gasteiger charge is -2.20. The van der Waals surface area contributed by atoms with Gasteiger partial charge in [0, 0.05) is 0 Å². The fourth-order valence-corrected chi connectivity index (χ4v) is 3.55. The van der Waals surface area contributed by atoms with E-state index in [-0.39, 0.29) is 6.54 Å². The van der Waals surface area contributed by atoms with Crippen LogP contribution in [0.4, 0.5) is 11.4 Å². The molecule has 2 aliphatic heterocycles. The second-order valence-corrected chi connectivity index (χ2v) is 7.07. The summed E-state index contributed by atoms with van der Waals surface area (Å²) in [5, 5.41) is 12.1. The van der Waals surface area contributed by atoms with Crippen molar-refractivity contribution in [3.63, 3.8) is 0 Å². The maximum Gasteiger partial charge on any atom is 0.263 e. The van der Waals surface area contributed by atoms with E-state index in [0.29, 0.717) is 28.8 Å². The number of hydrogen-bond donors (Lipinski definition) is 1. The Bertz CT molecular complexity index is 1030. The van der Waals surface area contributed by atoms with Crippen LogP contribution in [0.3, 0.4) is 0 Å². The Morgan fingerprint density at radius 1 is 1.13 bits per heavy atom. The first-order valence-electron chi connectivity index (χ1n) is 9.32. The Morgan fingerprint density at radius 2 is 1.87 bits per heavy atom. The number of amides is 3. The number of hydrogen-bond acceptors (Lipinski definition) is 7. The van der Waals surface area contributed by atoms with E-state index in [1.165, 1.54) is 5.01 Å². The average Bonchev–Trinajstić information content (AvgIpc) is 3.24. The molecule has 10 heteroatoms. The molecule has 1 saturated heterocycles. The van der Waals surface area contributed by atoms with Crippen LogP contribution >= 0.6 is 11.6 Å². The van der Waals surface area contributed by atoms with Crippen LogP contribution in [0.2, 0.25) is 5.02 Å². The number of para-hydroxylation sites is 1. The second kappa shape index (κ2) is 8.11. The smallest absolute Gasteiger partial charge is 0.263 e. The lowest BCUT2D eigenvalue weighted by molar-refractivity contribution is -0.123. The van der Waals surface area contributed by atoms with E-state index in [0.717, 1.165) is 4.90 Å². The fourth-order valence-electron chi connectivity index (χ4n) is 3.37. The quantitative estimate of drug-likeness (QED) is 0.714. The lowest BCUT2D eigenvalue weighted by atomic mass is 10.1. The third-order valence-electron chi connectivity index (χ3n) is 4.72. The van der Waals surface area contributed by atoms with Gasteiger partial charge in [-0.15, -0.1) is 0 Å². The topological polar surface area (TPSA) is 104 Å². The molecule has 0 bridgehead atoms. The van der Waals surface area contributed by atoms with Gasteiger partial charge in [0.2, 0.25) is 5.91 Å². The van der Waals surface area contributed by atoms with Crippen LogP contribution in [0.25, 0.3) is 0 Å². The SMILES string of the molecule is CCOc1ccc(N2C(=O)[C@@H]3[C@@H](N=NN3CC(=O)Nc3ccccc3Cl)C2=O)cc1. The number of imide groups is 1. The van der Waals surface area contributed by atoms with Crippen LogP contribution in [0, 0.1) is 0 Å². The van der Waals surface area contributed by atoms with Crippen molar-refractivity contribution in [3.8, 4) is 5.75 Å². The molecule has 0 saturated carbocycles. The fraction of sp³-hybridized carbons (Fsp3) is 0.250. The summed E-state index contributed by atoms with van der Waals surface area (Å²) in [5.41, 5.74) is 0.861. The first kappa shape index (κ1) is 19.8. The molecule has 154 valence electrons. The van der Waals surface area contributed by atoms with Gasteiger partial charge in [-0.05, 0) is 43.3 Å². The summed E-state index contributed by atoms with van der Waals surface area (Å²) in [4.78, 5) is 39.2. The summed E-state index contributed by atoms with van der Waals surface area (Å²) < 4.78 is 5.39. The van der Waals surface area contributed by atoms with Crippen LogP contribution in [-0.4, -0.2) is 48.0 Å². The molecular formula is C20H18ClN5O4. The molecule has 0 unspecified atom stereocenters. The van der Waals surface area contributed by atoms with E-state index in [9.17, 15) is 14.4 Å². The molecule has 3 amide bonds.